The maximum absolute atomic E-state index is 13.8. The fraction of sp³-hybridized carbons (Fsp3) is 0.343. The van der Waals surface area contributed by atoms with E-state index in [1.54, 1.807) is 0 Å². The van der Waals surface area contributed by atoms with Crippen LogP contribution in [0.1, 0.15) is 48.3 Å². The lowest BCUT2D eigenvalue weighted by atomic mass is 9.88. The van der Waals surface area contributed by atoms with Crippen molar-refractivity contribution in [1.82, 2.24) is 9.88 Å². The standard InChI is InChI=1S/C35H38ClN3O4S/c1-42-31(40)24-26-12-14-29(15-13-26)32-33(36)44-34(37-32)38-35(41)39(20-16-25-18-22-43-23-19-25)21-17-30(27-8-4-2-5-9-27)28-10-6-3-7-11-28/h2-15,25,30H,16-24H2,1H3,(H,37,38,41). The molecule has 5 rings (SSSR count). The van der Waals surface area contributed by atoms with Crippen LogP contribution in [0.15, 0.2) is 84.9 Å². The molecule has 1 aliphatic heterocycles. The average molecular weight is 632 g/mol. The minimum Gasteiger partial charge on any atom is -0.469 e. The van der Waals surface area contributed by atoms with Crippen molar-refractivity contribution in [1.29, 1.82) is 0 Å². The van der Waals surface area contributed by atoms with E-state index in [1.165, 1.54) is 29.6 Å². The molecule has 1 aliphatic rings. The second-order valence-electron chi connectivity index (χ2n) is 11.0. The maximum Gasteiger partial charge on any atom is 0.323 e. The molecule has 0 atom stereocenters. The molecule has 1 fully saturated rings. The number of thiazole rings is 1. The number of urea groups is 1. The Balaban J connectivity index is 1.30. The predicted octanol–water partition coefficient (Wildman–Crippen LogP) is 8.05. The molecular weight excluding hydrogens is 594 g/mol. The smallest absolute Gasteiger partial charge is 0.323 e. The Labute approximate surface area is 268 Å². The van der Waals surface area contributed by atoms with Crippen LogP contribution in [0, 0.1) is 5.92 Å². The molecule has 9 heteroatoms. The quantitative estimate of drug-likeness (QED) is 0.160. The summed E-state index contributed by atoms with van der Waals surface area (Å²) in [5, 5.41) is 3.48. The van der Waals surface area contributed by atoms with Gasteiger partial charge >= 0.3 is 12.0 Å². The number of amides is 2. The Hall–Kier alpha value is -3.72. The molecular formula is C35H38ClN3O4S. The highest BCUT2D eigenvalue weighted by molar-refractivity contribution is 7.20. The van der Waals surface area contributed by atoms with Gasteiger partial charge in [-0.1, -0.05) is 108 Å². The van der Waals surface area contributed by atoms with Gasteiger partial charge in [-0.25, -0.2) is 9.78 Å². The summed E-state index contributed by atoms with van der Waals surface area (Å²) < 4.78 is 10.8. The van der Waals surface area contributed by atoms with Crippen LogP contribution in [-0.2, 0) is 20.7 Å². The van der Waals surface area contributed by atoms with E-state index in [-0.39, 0.29) is 24.3 Å². The zero-order valence-electron chi connectivity index (χ0n) is 24.9. The molecule has 230 valence electrons. The highest BCUT2D eigenvalue weighted by atomic mass is 35.5. The van der Waals surface area contributed by atoms with E-state index >= 15 is 0 Å². The highest BCUT2D eigenvalue weighted by Gasteiger charge is 2.23. The van der Waals surface area contributed by atoms with E-state index in [1.807, 2.05) is 41.3 Å². The van der Waals surface area contributed by atoms with Gasteiger partial charge < -0.3 is 14.4 Å². The van der Waals surface area contributed by atoms with Crippen molar-refractivity contribution in [2.45, 2.75) is 38.0 Å². The van der Waals surface area contributed by atoms with Crippen molar-refractivity contribution >= 4 is 40.1 Å². The topological polar surface area (TPSA) is 80.8 Å². The summed E-state index contributed by atoms with van der Waals surface area (Å²) >= 11 is 7.84. The highest BCUT2D eigenvalue weighted by Crippen LogP contribution is 2.36. The average Bonchev–Trinajstić information content (AvgIpc) is 3.43. The third-order valence-electron chi connectivity index (χ3n) is 8.13. The van der Waals surface area contributed by atoms with Gasteiger partial charge in [-0.15, -0.1) is 0 Å². The Morgan fingerprint density at radius 2 is 1.61 bits per heavy atom. The van der Waals surface area contributed by atoms with Gasteiger partial charge in [-0.2, -0.15) is 0 Å². The number of esters is 1. The monoisotopic (exact) mass is 631 g/mol. The lowest BCUT2D eigenvalue weighted by molar-refractivity contribution is -0.139. The van der Waals surface area contributed by atoms with E-state index in [2.05, 4.69) is 58.8 Å². The number of rotatable bonds is 12. The van der Waals surface area contributed by atoms with E-state index < -0.39 is 0 Å². The number of aromatic nitrogens is 1. The normalized spacial score (nSPS) is 13.5. The molecule has 0 saturated carbocycles. The molecule has 1 saturated heterocycles. The van der Waals surface area contributed by atoms with E-state index in [0.717, 1.165) is 50.0 Å². The number of carbonyl (C=O) groups is 2. The first-order valence-corrected chi connectivity index (χ1v) is 16.3. The second-order valence-corrected chi connectivity index (χ2v) is 12.6. The van der Waals surface area contributed by atoms with Crippen molar-refractivity contribution in [2.75, 3.05) is 38.7 Å². The predicted molar refractivity (Wildman–Crippen MR) is 176 cm³/mol. The summed E-state index contributed by atoms with van der Waals surface area (Å²) in [7, 11) is 1.37. The molecule has 4 aromatic rings. The summed E-state index contributed by atoms with van der Waals surface area (Å²) in [6, 6.07) is 28.2. The third-order valence-corrected chi connectivity index (χ3v) is 9.30. The number of carbonyl (C=O) groups excluding carboxylic acids is 2. The first-order chi connectivity index (χ1) is 21.5. The lowest BCUT2D eigenvalue weighted by Crippen LogP contribution is -2.38. The Morgan fingerprint density at radius 3 is 2.23 bits per heavy atom. The molecule has 1 aromatic heterocycles. The Morgan fingerprint density at radius 1 is 0.977 bits per heavy atom. The van der Waals surface area contributed by atoms with Gasteiger partial charge in [-0.05, 0) is 48.3 Å². The molecule has 0 radical (unpaired) electrons. The minimum absolute atomic E-state index is 0.166. The van der Waals surface area contributed by atoms with Gasteiger partial charge in [0.25, 0.3) is 0 Å². The van der Waals surface area contributed by atoms with Crippen molar-refractivity contribution in [3.05, 3.63) is 106 Å². The molecule has 1 N–H and O–H groups in total. The van der Waals surface area contributed by atoms with Crippen molar-refractivity contribution in [2.24, 2.45) is 5.92 Å². The van der Waals surface area contributed by atoms with Crippen molar-refractivity contribution < 1.29 is 19.1 Å². The summed E-state index contributed by atoms with van der Waals surface area (Å²) in [6.45, 7) is 2.81. The van der Waals surface area contributed by atoms with Gasteiger partial charge in [0, 0.05) is 37.8 Å². The number of nitrogens with zero attached hydrogens (tertiary/aromatic N) is 2. The fourth-order valence-electron chi connectivity index (χ4n) is 5.59. The largest absolute Gasteiger partial charge is 0.469 e. The van der Waals surface area contributed by atoms with Crippen molar-refractivity contribution in [3.63, 3.8) is 0 Å². The number of hydrogen-bond donors (Lipinski definition) is 1. The molecule has 0 spiro atoms. The molecule has 44 heavy (non-hydrogen) atoms. The summed E-state index contributed by atoms with van der Waals surface area (Å²) in [4.78, 5) is 32.0. The zero-order chi connectivity index (χ0) is 30.7. The second kappa shape index (κ2) is 15.8. The van der Waals surface area contributed by atoms with Crippen LogP contribution in [0.2, 0.25) is 4.34 Å². The molecule has 2 heterocycles. The van der Waals surface area contributed by atoms with Gasteiger partial charge in [0.05, 0.1) is 13.5 Å². The number of ether oxygens (including phenoxy) is 2. The van der Waals surface area contributed by atoms with Crippen LogP contribution < -0.4 is 5.32 Å². The van der Waals surface area contributed by atoms with Gasteiger partial charge in [0.15, 0.2) is 5.13 Å². The first kappa shape index (κ1) is 31.7. The van der Waals surface area contributed by atoms with Crippen LogP contribution in [-0.4, -0.2) is 55.3 Å². The molecule has 0 unspecified atom stereocenters. The van der Waals surface area contributed by atoms with Gasteiger partial charge in [0.1, 0.15) is 10.0 Å². The molecule has 7 nitrogen and oxygen atoms in total. The number of halogens is 1. The number of anilines is 1. The lowest BCUT2D eigenvalue weighted by Gasteiger charge is -2.29. The van der Waals surface area contributed by atoms with Gasteiger partial charge in [0.2, 0.25) is 0 Å². The van der Waals surface area contributed by atoms with Crippen LogP contribution in [0.3, 0.4) is 0 Å². The third kappa shape index (κ3) is 8.68. The molecule has 0 bridgehead atoms. The minimum atomic E-state index is -0.297. The Bertz CT molecular complexity index is 1450. The zero-order valence-corrected chi connectivity index (χ0v) is 26.5. The summed E-state index contributed by atoms with van der Waals surface area (Å²) in [5.74, 6) is 0.412. The Kier molecular flexibility index (Phi) is 11.4. The summed E-state index contributed by atoms with van der Waals surface area (Å²) in [6.07, 6.45) is 3.96. The van der Waals surface area contributed by atoms with E-state index in [9.17, 15) is 9.59 Å². The molecule has 3 aromatic carbocycles. The SMILES string of the molecule is COC(=O)Cc1ccc(-c2nc(NC(=O)N(CCC3CCOCC3)CCC(c3ccccc3)c3ccccc3)sc2Cl)cc1. The number of hydrogen-bond acceptors (Lipinski definition) is 6. The van der Waals surface area contributed by atoms with Crippen molar-refractivity contribution in [3.8, 4) is 11.3 Å². The number of benzene rings is 3. The van der Waals surface area contributed by atoms with E-state index in [4.69, 9.17) is 21.1 Å². The van der Waals surface area contributed by atoms with E-state index in [0.29, 0.717) is 34.2 Å². The maximum atomic E-state index is 13.8. The van der Waals surface area contributed by atoms with Crippen LogP contribution in [0.4, 0.5) is 9.93 Å². The van der Waals surface area contributed by atoms with Gasteiger partial charge in [-0.3, -0.25) is 10.1 Å². The molecule has 0 aliphatic carbocycles. The fourth-order valence-corrected chi connectivity index (χ4v) is 6.67. The number of nitrogens with one attached hydrogen (secondary N) is 1. The molecule has 2 amide bonds. The first-order valence-electron chi connectivity index (χ1n) is 15.1. The van der Waals surface area contributed by atoms with Crippen LogP contribution in [0.25, 0.3) is 11.3 Å². The van der Waals surface area contributed by atoms with Crippen LogP contribution >= 0.6 is 22.9 Å². The number of methoxy groups -OCH3 is 1. The van der Waals surface area contributed by atoms with Crippen LogP contribution in [0.5, 0.6) is 0 Å². The summed E-state index contributed by atoms with van der Waals surface area (Å²) in [5.41, 5.74) is 4.71.